The maximum absolute atomic E-state index is 11.9. The fourth-order valence-electron chi connectivity index (χ4n) is 1.84. The van der Waals surface area contributed by atoms with Crippen molar-refractivity contribution >= 4 is 15.9 Å². The third-order valence-electron chi connectivity index (χ3n) is 2.90. The van der Waals surface area contributed by atoms with Gasteiger partial charge in [-0.1, -0.05) is 13.8 Å². The van der Waals surface area contributed by atoms with Crippen molar-refractivity contribution in [3.8, 4) is 0 Å². The van der Waals surface area contributed by atoms with E-state index >= 15 is 0 Å². The number of aliphatic hydroxyl groups excluding tert-OH is 1. The summed E-state index contributed by atoms with van der Waals surface area (Å²) in [5, 5.41) is 9.17. The molecule has 0 aromatic heterocycles. The van der Waals surface area contributed by atoms with Crippen LogP contribution >= 0.6 is 0 Å². The lowest BCUT2D eigenvalue weighted by Crippen LogP contribution is -2.70. The summed E-state index contributed by atoms with van der Waals surface area (Å²) < 4.78 is 23.2. The number of hydrogen-bond donors (Lipinski definition) is 1. The third kappa shape index (κ3) is 1.73. The molecule has 1 heterocycles. The Morgan fingerprint density at radius 2 is 1.88 bits per heavy atom. The molecule has 1 atom stereocenters. The molecule has 1 aliphatic heterocycles. The van der Waals surface area contributed by atoms with Gasteiger partial charge in [0.05, 0.1) is 12.6 Å². The minimum absolute atomic E-state index is 0.226. The monoisotopic (exact) mass is 249 g/mol. The molecular formula is C10H19NO4S. The van der Waals surface area contributed by atoms with E-state index in [1.165, 1.54) is 13.8 Å². The molecule has 1 aliphatic rings. The van der Waals surface area contributed by atoms with E-state index in [1.54, 1.807) is 0 Å². The Morgan fingerprint density at radius 3 is 2.19 bits per heavy atom. The molecular weight excluding hydrogens is 230 g/mol. The summed E-state index contributed by atoms with van der Waals surface area (Å²) in [6, 6.07) is -0.620. The second-order valence-corrected chi connectivity index (χ2v) is 7.45. The average molecular weight is 249 g/mol. The zero-order valence-corrected chi connectivity index (χ0v) is 10.9. The van der Waals surface area contributed by atoms with Crippen LogP contribution in [0.1, 0.15) is 34.1 Å². The summed E-state index contributed by atoms with van der Waals surface area (Å²) in [5.41, 5.74) is 0. The molecule has 0 aliphatic carbocycles. The summed E-state index contributed by atoms with van der Waals surface area (Å²) in [7, 11) is -3.58. The zero-order chi connectivity index (χ0) is 12.7. The van der Waals surface area contributed by atoms with Crippen molar-refractivity contribution in [1.82, 2.24) is 4.31 Å². The topological polar surface area (TPSA) is 74.7 Å². The molecule has 1 fully saturated rings. The maximum atomic E-state index is 11.9. The summed E-state index contributed by atoms with van der Waals surface area (Å²) in [4.78, 5) is 11.7. The van der Waals surface area contributed by atoms with E-state index in [0.717, 1.165) is 4.31 Å². The van der Waals surface area contributed by atoms with Gasteiger partial charge in [-0.05, 0) is 26.2 Å². The van der Waals surface area contributed by atoms with Crippen LogP contribution in [0.2, 0.25) is 0 Å². The Kier molecular flexibility index (Phi) is 3.36. The Bertz CT molecular complexity index is 386. The predicted molar refractivity (Wildman–Crippen MR) is 60.2 cm³/mol. The Balaban J connectivity index is 2.95. The Hall–Kier alpha value is -0.620. The molecule has 6 heteroatoms. The SMILES string of the molecule is CC(C)CC(CO)N1C(=O)C(C)(C)S1(=O)=O. The van der Waals surface area contributed by atoms with Crippen LogP contribution in [0.3, 0.4) is 0 Å². The van der Waals surface area contributed by atoms with Crippen molar-refractivity contribution in [2.45, 2.75) is 44.9 Å². The summed E-state index contributed by atoms with van der Waals surface area (Å²) >= 11 is 0. The van der Waals surface area contributed by atoms with Gasteiger partial charge in [-0.3, -0.25) is 4.79 Å². The molecule has 1 N–H and O–H groups in total. The van der Waals surface area contributed by atoms with Crippen molar-refractivity contribution in [3.63, 3.8) is 0 Å². The van der Waals surface area contributed by atoms with E-state index in [0.29, 0.717) is 6.42 Å². The first-order chi connectivity index (χ1) is 7.16. The first-order valence-electron chi connectivity index (χ1n) is 5.35. The van der Waals surface area contributed by atoms with Crippen LogP contribution in [-0.4, -0.2) is 41.1 Å². The Labute approximate surface area is 96.5 Å². The highest BCUT2D eigenvalue weighted by molar-refractivity contribution is 7.94. The highest BCUT2D eigenvalue weighted by Crippen LogP contribution is 2.37. The van der Waals surface area contributed by atoms with Gasteiger partial charge in [-0.15, -0.1) is 0 Å². The molecule has 1 saturated heterocycles. The maximum Gasteiger partial charge on any atom is 0.259 e. The Morgan fingerprint density at radius 1 is 1.38 bits per heavy atom. The number of aliphatic hydroxyl groups is 1. The van der Waals surface area contributed by atoms with E-state index in [9.17, 15) is 18.3 Å². The number of sulfonamides is 1. The number of carbonyl (C=O) groups excluding carboxylic acids is 1. The normalized spacial score (nSPS) is 24.4. The molecule has 0 radical (unpaired) electrons. The van der Waals surface area contributed by atoms with Crippen LogP contribution in [-0.2, 0) is 14.8 Å². The largest absolute Gasteiger partial charge is 0.394 e. The van der Waals surface area contributed by atoms with Crippen molar-refractivity contribution in [1.29, 1.82) is 0 Å². The quantitative estimate of drug-likeness (QED) is 0.780. The molecule has 0 saturated carbocycles. The van der Waals surface area contributed by atoms with Crippen LogP contribution in [0.4, 0.5) is 0 Å². The first kappa shape index (κ1) is 13.4. The summed E-state index contributed by atoms with van der Waals surface area (Å²) in [5.74, 6) is -0.198. The van der Waals surface area contributed by atoms with Crippen molar-refractivity contribution in [2.75, 3.05) is 6.61 Å². The zero-order valence-electron chi connectivity index (χ0n) is 10.1. The number of hydrogen-bond acceptors (Lipinski definition) is 4. The van der Waals surface area contributed by atoms with Gasteiger partial charge < -0.3 is 5.11 Å². The highest BCUT2D eigenvalue weighted by atomic mass is 32.2. The molecule has 0 aromatic rings. The number of amides is 1. The third-order valence-corrected chi connectivity index (χ3v) is 5.35. The van der Waals surface area contributed by atoms with E-state index in [2.05, 4.69) is 0 Å². The molecule has 0 spiro atoms. The first-order valence-corrected chi connectivity index (χ1v) is 6.79. The fourth-order valence-corrected chi connectivity index (χ4v) is 3.51. The van der Waals surface area contributed by atoms with Gasteiger partial charge in [0.15, 0.2) is 4.75 Å². The molecule has 1 amide bonds. The molecule has 5 nitrogen and oxygen atoms in total. The molecule has 0 bridgehead atoms. The van der Waals surface area contributed by atoms with Crippen LogP contribution < -0.4 is 0 Å². The fraction of sp³-hybridized carbons (Fsp3) is 0.900. The summed E-state index contributed by atoms with van der Waals surface area (Å²) in [6.07, 6.45) is 0.484. The van der Waals surface area contributed by atoms with E-state index < -0.39 is 26.7 Å². The highest BCUT2D eigenvalue weighted by Gasteiger charge is 2.62. The second-order valence-electron chi connectivity index (χ2n) is 5.08. The minimum Gasteiger partial charge on any atom is -0.394 e. The van der Waals surface area contributed by atoms with Crippen molar-refractivity contribution in [2.24, 2.45) is 5.92 Å². The standard InChI is InChI=1S/C10H19NO4S/c1-7(2)5-8(6-12)11-9(13)10(3,4)16(11,14)15/h7-8,12H,5-6H2,1-4H3. The van der Waals surface area contributed by atoms with Crippen LogP contribution in [0.5, 0.6) is 0 Å². The van der Waals surface area contributed by atoms with Gasteiger partial charge in [0.2, 0.25) is 0 Å². The van der Waals surface area contributed by atoms with Crippen LogP contribution in [0, 0.1) is 5.92 Å². The molecule has 1 unspecified atom stereocenters. The van der Waals surface area contributed by atoms with Crippen LogP contribution in [0.15, 0.2) is 0 Å². The predicted octanol–water partition coefficient (Wildman–Crippen LogP) is 0.344. The molecule has 16 heavy (non-hydrogen) atoms. The van der Waals surface area contributed by atoms with E-state index in [4.69, 9.17) is 0 Å². The molecule has 94 valence electrons. The van der Waals surface area contributed by atoms with E-state index in [1.807, 2.05) is 13.8 Å². The molecule has 0 aromatic carbocycles. The lowest BCUT2D eigenvalue weighted by molar-refractivity contribution is -0.135. The smallest absolute Gasteiger partial charge is 0.259 e. The lowest BCUT2D eigenvalue weighted by atomic mass is 10.0. The van der Waals surface area contributed by atoms with Gasteiger partial charge in [-0.25, -0.2) is 12.7 Å². The number of carbonyl (C=O) groups is 1. The molecule has 1 rings (SSSR count). The minimum atomic E-state index is -3.58. The van der Waals surface area contributed by atoms with Gasteiger partial charge in [0.25, 0.3) is 15.9 Å². The van der Waals surface area contributed by atoms with Gasteiger partial charge in [0, 0.05) is 0 Å². The average Bonchev–Trinajstić information content (AvgIpc) is 2.15. The second kappa shape index (κ2) is 4.00. The van der Waals surface area contributed by atoms with Gasteiger partial charge in [-0.2, -0.15) is 0 Å². The van der Waals surface area contributed by atoms with E-state index in [-0.39, 0.29) is 12.5 Å². The number of rotatable bonds is 4. The number of nitrogens with zero attached hydrogens (tertiary/aromatic N) is 1. The van der Waals surface area contributed by atoms with Crippen molar-refractivity contribution in [3.05, 3.63) is 0 Å². The van der Waals surface area contributed by atoms with Gasteiger partial charge >= 0.3 is 0 Å². The van der Waals surface area contributed by atoms with Crippen molar-refractivity contribution < 1.29 is 18.3 Å². The lowest BCUT2D eigenvalue weighted by Gasteiger charge is -2.47. The summed E-state index contributed by atoms with van der Waals surface area (Å²) in [6.45, 7) is 6.31. The van der Waals surface area contributed by atoms with Crippen LogP contribution in [0.25, 0.3) is 0 Å². The van der Waals surface area contributed by atoms with Gasteiger partial charge in [0.1, 0.15) is 0 Å².